The minimum Gasteiger partial charge on any atom is -0.378 e. The Balaban J connectivity index is 1.40. The van der Waals surface area contributed by atoms with E-state index in [2.05, 4.69) is 34.5 Å². The second kappa shape index (κ2) is 8.17. The summed E-state index contributed by atoms with van der Waals surface area (Å²) in [7, 11) is 3.99. The Hall–Kier alpha value is -2.33. The van der Waals surface area contributed by atoms with E-state index in [1.54, 1.807) is 0 Å². The van der Waals surface area contributed by atoms with Crippen molar-refractivity contribution in [2.75, 3.05) is 38.6 Å². The monoisotopic (exact) mass is 337 g/mol. The molecule has 2 aromatic rings. The normalized spacial score (nSPS) is 14.0. The number of benzene rings is 2. The largest absolute Gasteiger partial charge is 0.378 e. The average Bonchev–Trinajstić information content (AvgIpc) is 2.65. The quantitative estimate of drug-likeness (QED) is 0.823. The summed E-state index contributed by atoms with van der Waals surface area (Å²) in [6.45, 7) is 3.87. The van der Waals surface area contributed by atoms with Crippen molar-refractivity contribution in [1.29, 1.82) is 0 Å². The van der Waals surface area contributed by atoms with Gasteiger partial charge in [0.25, 0.3) is 5.91 Å². The van der Waals surface area contributed by atoms with Crippen LogP contribution in [-0.2, 0) is 13.0 Å². The summed E-state index contributed by atoms with van der Waals surface area (Å²) < 4.78 is 0. The minimum absolute atomic E-state index is 0.00861. The molecule has 1 N–H and O–H groups in total. The fourth-order valence-corrected chi connectivity index (χ4v) is 3.26. The van der Waals surface area contributed by atoms with Crippen molar-refractivity contribution in [2.24, 2.45) is 0 Å². The van der Waals surface area contributed by atoms with Gasteiger partial charge in [-0.25, -0.2) is 0 Å². The van der Waals surface area contributed by atoms with Crippen molar-refractivity contribution in [3.05, 3.63) is 65.2 Å². The van der Waals surface area contributed by atoms with Crippen LogP contribution in [-0.4, -0.2) is 44.5 Å². The number of hydrogen-bond acceptors (Lipinski definition) is 3. The van der Waals surface area contributed by atoms with Gasteiger partial charge in [0.2, 0.25) is 0 Å². The fourth-order valence-electron chi connectivity index (χ4n) is 3.26. The van der Waals surface area contributed by atoms with E-state index in [0.29, 0.717) is 6.54 Å². The highest BCUT2D eigenvalue weighted by atomic mass is 16.1. The zero-order valence-electron chi connectivity index (χ0n) is 15.2. The summed E-state index contributed by atoms with van der Waals surface area (Å²) in [5.74, 6) is 0.00861. The molecule has 1 heterocycles. The van der Waals surface area contributed by atoms with Gasteiger partial charge in [-0.15, -0.1) is 0 Å². The maximum absolute atomic E-state index is 12.2. The first-order valence-electron chi connectivity index (χ1n) is 8.98. The van der Waals surface area contributed by atoms with Crippen molar-refractivity contribution in [3.63, 3.8) is 0 Å². The Morgan fingerprint density at radius 1 is 1.08 bits per heavy atom. The molecular formula is C21H27N3O. The lowest BCUT2D eigenvalue weighted by Crippen LogP contribution is -2.33. The second-order valence-electron chi connectivity index (χ2n) is 6.85. The molecule has 0 bridgehead atoms. The van der Waals surface area contributed by atoms with Gasteiger partial charge in [-0.2, -0.15) is 0 Å². The molecule has 0 spiro atoms. The van der Waals surface area contributed by atoms with E-state index in [9.17, 15) is 4.79 Å². The van der Waals surface area contributed by atoms with E-state index in [1.807, 2.05) is 43.3 Å². The van der Waals surface area contributed by atoms with E-state index in [1.165, 1.54) is 11.1 Å². The average molecular weight is 337 g/mol. The Labute approximate surface area is 150 Å². The Kier molecular flexibility index (Phi) is 5.71. The first-order chi connectivity index (χ1) is 12.1. The lowest BCUT2D eigenvalue weighted by Gasteiger charge is -2.28. The zero-order valence-corrected chi connectivity index (χ0v) is 15.2. The topological polar surface area (TPSA) is 35.6 Å². The predicted molar refractivity (Wildman–Crippen MR) is 103 cm³/mol. The molecule has 132 valence electrons. The van der Waals surface area contributed by atoms with Crippen LogP contribution in [0.5, 0.6) is 0 Å². The van der Waals surface area contributed by atoms with Crippen molar-refractivity contribution < 1.29 is 4.79 Å². The van der Waals surface area contributed by atoms with Gasteiger partial charge in [-0.3, -0.25) is 9.69 Å². The van der Waals surface area contributed by atoms with Crippen LogP contribution in [0.3, 0.4) is 0 Å². The third kappa shape index (κ3) is 4.60. The summed E-state index contributed by atoms with van der Waals surface area (Å²) in [4.78, 5) is 16.7. The number of carbonyl (C=O) groups is 1. The van der Waals surface area contributed by atoms with Crippen LogP contribution in [0.25, 0.3) is 0 Å². The number of amides is 1. The number of rotatable bonds is 6. The van der Waals surface area contributed by atoms with E-state index in [0.717, 1.165) is 43.7 Å². The van der Waals surface area contributed by atoms with Crippen LogP contribution in [0.4, 0.5) is 5.69 Å². The SMILES string of the molecule is CN(C)c1ccc(C(=O)NCCCN2CCc3ccccc3C2)cc1. The molecule has 1 aliphatic rings. The highest BCUT2D eigenvalue weighted by Crippen LogP contribution is 2.18. The molecule has 4 nitrogen and oxygen atoms in total. The fraction of sp³-hybridized carbons (Fsp3) is 0.381. The van der Waals surface area contributed by atoms with Gasteiger partial charge in [0.15, 0.2) is 0 Å². The maximum Gasteiger partial charge on any atom is 0.251 e. The first kappa shape index (κ1) is 17.5. The van der Waals surface area contributed by atoms with Gasteiger partial charge in [0.05, 0.1) is 0 Å². The van der Waals surface area contributed by atoms with Gasteiger partial charge >= 0.3 is 0 Å². The molecule has 1 amide bonds. The standard InChI is InChI=1S/C21H27N3O/c1-23(2)20-10-8-18(9-11-20)21(25)22-13-5-14-24-15-12-17-6-3-4-7-19(17)16-24/h3-4,6-11H,5,12-16H2,1-2H3,(H,22,25). The van der Waals surface area contributed by atoms with E-state index in [-0.39, 0.29) is 5.91 Å². The second-order valence-corrected chi connectivity index (χ2v) is 6.85. The number of anilines is 1. The van der Waals surface area contributed by atoms with E-state index < -0.39 is 0 Å². The Bertz CT molecular complexity index is 709. The third-order valence-corrected chi connectivity index (χ3v) is 4.79. The van der Waals surface area contributed by atoms with Crippen LogP contribution in [0.15, 0.2) is 48.5 Å². The smallest absolute Gasteiger partial charge is 0.251 e. The molecule has 0 saturated heterocycles. The van der Waals surface area contributed by atoms with Crippen LogP contribution in [0.1, 0.15) is 27.9 Å². The van der Waals surface area contributed by atoms with Crippen LogP contribution < -0.4 is 10.2 Å². The summed E-state index contributed by atoms with van der Waals surface area (Å²) in [6, 6.07) is 16.4. The minimum atomic E-state index is 0.00861. The van der Waals surface area contributed by atoms with Crippen LogP contribution >= 0.6 is 0 Å². The highest BCUT2D eigenvalue weighted by Gasteiger charge is 2.15. The molecular weight excluding hydrogens is 310 g/mol. The van der Waals surface area contributed by atoms with Crippen LogP contribution in [0, 0.1) is 0 Å². The number of fused-ring (bicyclic) bond motifs is 1. The molecule has 0 aromatic heterocycles. The molecule has 2 aromatic carbocycles. The molecule has 25 heavy (non-hydrogen) atoms. The van der Waals surface area contributed by atoms with Gasteiger partial charge < -0.3 is 10.2 Å². The van der Waals surface area contributed by atoms with Gasteiger partial charge in [-0.1, -0.05) is 24.3 Å². The zero-order chi connectivity index (χ0) is 17.6. The van der Waals surface area contributed by atoms with E-state index in [4.69, 9.17) is 0 Å². The number of carbonyl (C=O) groups excluding carboxylic acids is 1. The molecule has 1 aliphatic heterocycles. The Morgan fingerprint density at radius 3 is 2.52 bits per heavy atom. The Morgan fingerprint density at radius 2 is 1.80 bits per heavy atom. The number of nitrogens with one attached hydrogen (secondary N) is 1. The van der Waals surface area contributed by atoms with E-state index >= 15 is 0 Å². The summed E-state index contributed by atoms with van der Waals surface area (Å²) in [6.07, 6.45) is 2.10. The molecule has 0 atom stereocenters. The maximum atomic E-state index is 12.2. The first-order valence-corrected chi connectivity index (χ1v) is 8.98. The van der Waals surface area contributed by atoms with Crippen LogP contribution in [0.2, 0.25) is 0 Å². The molecule has 0 fully saturated rings. The van der Waals surface area contributed by atoms with Gasteiger partial charge in [0, 0.05) is 51.5 Å². The van der Waals surface area contributed by atoms with Crippen molar-refractivity contribution in [1.82, 2.24) is 10.2 Å². The third-order valence-electron chi connectivity index (χ3n) is 4.79. The lowest BCUT2D eigenvalue weighted by atomic mass is 10.00. The molecule has 0 radical (unpaired) electrons. The molecule has 0 unspecified atom stereocenters. The molecule has 4 heteroatoms. The molecule has 0 saturated carbocycles. The predicted octanol–water partition coefficient (Wildman–Crippen LogP) is 2.93. The summed E-state index contributed by atoms with van der Waals surface area (Å²) in [5, 5.41) is 3.03. The summed E-state index contributed by atoms with van der Waals surface area (Å²) >= 11 is 0. The van der Waals surface area contributed by atoms with Gasteiger partial charge in [0.1, 0.15) is 0 Å². The number of nitrogens with zero attached hydrogens (tertiary/aromatic N) is 2. The van der Waals surface area contributed by atoms with Gasteiger partial charge in [-0.05, 0) is 48.2 Å². The van der Waals surface area contributed by atoms with Crippen molar-refractivity contribution in [3.8, 4) is 0 Å². The van der Waals surface area contributed by atoms with Crippen molar-refractivity contribution in [2.45, 2.75) is 19.4 Å². The number of hydrogen-bond donors (Lipinski definition) is 1. The van der Waals surface area contributed by atoms with Crippen molar-refractivity contribution >= 4 is 11.6 Å². The summed E-state index contributed by atoms with van der Waals surface area (Å²) in [5.41, 5.74) is 4.74. The highest BCUT2D eigenvalue weighted by molar-refractivity contribution is 5.94. The molecule has 3 rings (SSSR count). The molecule has 0 aliphatic carbocycles. The lowest BCUT2D eigenvalue weighted by molar-refractivity contribution is 0.0951.